The van der Waals surface area contributed by atoms with Crippen LogP contribution in [0.1, 0.15) is 17.0 Å². The molecule has 152 valence electrons. The number of hydrogen-bond donors (Lipinski definition) is 1. The summed E-state index contributed by atoms with van der Waals surface area (Å²) in [6.45, 7) is 5.64. The van der Waals surface area contributed by atoms with E-state index in [0.717, 1.165) is 28.1 Å². The lowest BCUT2D eigenvalue weighted by atomic mass is 10.00. The first-order chi connectivity index (χ1) is 14.4. The third-order valence-corrected chi connectivity index (χ3v) is 4.96. The van der Waals surface area contributed by atoms with Crippen LogP contribution in [0.15, 0.2) is 47.1 Å². The molecule has 0 fully saturated rings. The Kier molecular flexibility index (Phi) is 4.83. The number of anilines is 2. The highest BCUT2D eigenvalue weighted by Crippen LogP contribution is 2.41. The molecular formula is C22H20N4O4. The van der Waals surface area contributed by atoms with Crippen molar-refractivity contribution >= 4 is 28.0 Å². The second-order valence-corrected chi connectivity index (χ2v) is 7.04. The van der Waals surface area contributed by atoms with Crippen molar-refractivity contribution in [1.82, 2.24) is 10.1 Å². The van der Waals surface area contributed by atoms with Gasteiger partial charge >= 0.3 is 5.69 Å². The van der Waals surface area contributed by atoms with Crippen LogP contribution in [0.3, 0.4) is 0 Å². The highest BCUT2D eigenvalue weighted by Gasteiger charge is 2.23. The van der Waals surface area contributed by atoms with Crippen LogP contribution in [-0.4, -0.2) is 22.2 Å². The van der Waals surface area contributed by atoms with E-state index in [1.807, 2.05) is 51.1 Å². The highest BCUT2D eigenvalue weighted by molar-refractivity contribution is 6.01. The molecule has 0 amide bonds. The van der Waals surface area contributed by atoms with Crippen molar-refractivity contribution in [2.45, 2.75) is 20.8 Å². The normalized spacial score (nSPS) is 10.9. The fourth-order valence-electron chi connectivity index (χ4n) is 3.58. The molecule has 2 aromatic carbocycles. The third-order valence-electron chi connectivity index (χ3n) is 4.96. The topological polar surface area (TPSA) is 103 Å². The van der Waals surface area contributed by atoms with Crippen LogP contribution in [0.2, 0.25) is 0 Å². The Morgan fingerprint density at radius 2 is 1.97 bits per heavy atom. The number of hydrogen-bond acceptors (Lipinski definition) is 7. The molecule has 0 aliphatic carbocycles. The minimum Gasteiger partial charge on any atom is -0.496 e. The number of ether oxygens (including phenoxy) is 1. The Hall–Kier alpha value is -3.94. The van der Waals surface area contributed by atoms with E-state index in [1.165, 1.54) is 6.20 Å². The van der Waals surface area contributed by atoms with Crippen molar-refractivity contribution in [1.29, 1.82) is 0 Å². The zero-order chi connectivity index (χ0) is 21.4. The Bertz CT molecular complexity index is 1260. The van der Waals surface area contributed by atoms with E-state index in [0.29, 0.717) is 28.1 Å². The molecule has 0 unspecified atom stereocenters. The monoisotopic (exact) mass is 404 g/mol. The van der Waals surface area contributed by atoms with Crippen molar-refractivity contribution in [2.75, 3.05) is 12.4 Å². The Morgan fingerprint density at radius 1 is 1.17 bits per heavy atom. The van der Waals surface area contributed by atoms with Gasteiger partial charge in [0.15, 0.2) is 0 Å². The van der Waals surface area contributed by atoms with Gasteiger partial charge in [0, 0.05) is 16.6 Å². The highest BCUT2D eigenvalue weighted by atomic mass is 16.6. The number of fused-ring (bicyclic) bond motifs is 1. The number of rotatable bonds is 5. The molecule has 0 aliphatic heterocycles. The molecule has 4 rings (SSSR count). The van der Waals surface area contributed by atoms with Gasteiger partial charge in [-0.1, -0.05) is 17.3 Å². The van der Waals surface area contributed by atoms with Gasteiger partial charge in [0.1, 0.15) is 23.4 Å². The molecule has 0 bridgehead atoms. The second kappa shape index (κ2) is 7.47. The van der Waals surface area contributed by atoms with Gasteiger partial charge in [0.2, 0.25) is 0 Å². The molecule has 4 aromatic rings. The molecule has 2 aromatic heterocycles. The molecule has 2 heterocycles. The van der Waals surface area contributed by atoms with Gasteiger partial charge in [-0.25, -0.2) is 4.98 Å². The van der Waals surface area contributed by atoms with Gasteiger partial charge in [-0.3, -0.25) is 10.1 Å². The number of nitrogens with zero attached hydrogens (tertiary/aromatic N) is 3. The molecule has 0 radical (unpaired) electrons. The lowest BCUT2D eigenvalue weighted by molar-refractivity contribution is -0.384. The van der Waals surface area contributed by atoms with Crippen LogP contribution >= 0.6 is 0 Å². The number of nitrogens with one attached hydrogen (secondary N) is 1. The average Bonchev–Trinajstić information content (AvgIpc) is 3.05. The number of aromatic nitrogens is 2. The van der Waals surface area contributed by atoms with Crippen molar-refractivity contribution in [3.8, 4) is 16.9 Å². The molecule has 0 spiro atoms. The molecule has 8 heteroatoms. The minimum atomic E-state index is -0.445. The summed E-state index contributed by atoms with van der Waals surface area (Å²) >= 11 is 0. The largest absolute Gasteiger partial charge is 0.496 e. The third kappa shape index (κ3) is 3.32. The summed E-state index contributed by atoms with van der Waals surface area (Å²) in [6.07, 6.45) is 1.27. The van der Waals surface area contributed by atoms with Gasteiger partial charge in [-0.15, -0.1) is 0 Å². The van der Waals surface area contributed by atoms with Gasteiger partial charge in [0.05, 0.1) is 28.8 Å². The maximum absolute atomic E-state index is 11.7. The Balaban J connectivity index is 1.97. The zero-order valence-corrected chi connectivity index (χ0v) is 17.0. The molecule has 0 aliphatic rings. The summed E-state index contributed by atoms with van der Waals surface area (Å²) in [5.41, 5.74) is 4.94. The summed E-state index contributed by atoms with van der Waals surface area (Å²) in [7, 11) is 1.56. The molecule has 8 nitrogen and oxygen atoms in total. The quantitative estimate of drug-likeness (QED) is 0.347. The van der Waals surface area contributed by atoms with Gasteiger partial charge in [-0.05, 0) is 50.6 Å². The number of aryl methyl sites for hydroxylation is 3. The summed E-state index contributed by atoms with van der Waals surface area (Å²) in [5, 5.41) is 19.5. The minimum absolute atomic E-state index is 0.115. The van der Waals surface area contributed by atoms with Gasteiger partial charge in [0.25, 0.3) is 0 Å². The Labute approximate surface area is 172 Å². The summed E-state index contributed by atoms with van der Waals surface area (Å²) in [4.78, 5) is 15.6. The number of pyridine rings is 1. The second-order valence-electron chi connectivity index (χ2n) is 7.04. The van der Waals surface area contributed by atoms with Gasteiger partial charge in [-0.2, -0.15) is 0 Å². The average molecular weight is 404 g/mol. The number of methoxy groups -OCH3 is 1. The van der Waals surface area contributed by atoms with E-state index < -0.39 is 4.92 Å². The Morgan fingerprint density at radius 3 is 2.60 bits per heavy atom. The van der Waals surface area contributed by atoms with E-state index >= 15 is 0 Å². The SMILES string of the molecule is COc1cc2c(Nc3cccc(C)c3)c([N+](=O)[O-])cnc2cc1-c1c(C)noc1C. The first-order valence-electron chi connectivity index (χ1n) is 9.31. The van der Waals surface area contributed by atoms with Crippen molar-refractivity contribution in [3.05, 3.63) is 69.7 Å². The van der Waals surface area contributed by atoms with Crippen LogP contribution in [0.4, 0.5) is 17.1 Å². The van der Waals surface area contributed by atoms with E-state index in [4.69, 9.17) is 9.26 Å². The van der Waals surface area contributed by atoms with Crippen molar-refractivity contribution in [3.63, 3.8) is 0 Å². The van der Waals surface area contributed by atoms with Crippen LogP contribution in [0, 0.1) is 30.9 Å². The fraction of sp³-hybridized carbons (Fsp3) is 0.182. The maximum atomic E-state index is 11.7. The molecule has 1 N–H and O–H groups in total. The number of nitro groups is 1. The lowest BCUT2D eigenvalue weighted by Gasteiger charge is -2.14. The molecule has 30 heavy (non-hydrogen) atoms. The zero-order valence-electron chi connectivity index (χ0n) is 17.0. The fourth-order valence-corrected chi connectivity index (χ4v) is 3.58. The predicted octanol–water partition coefficient (Wildman–Crippen LogP) is 5.48. The van der Waals surface area contributed by atoms with Crippen LogP contribution in [-0.2, 0) is 0 Å². The molecule has 0 atom stereocenters. The maximum Gasteiger partial charge on any atom is 0.311 e. The van der Waals surface area contributed by atoms with E-state index in [-0.39, 0.29) is 5.69 Å². The predicted molar refractivity (Wildman–Crippen MR) is 114 cm³/mol. The van der Waals surface area contributed by atoms with Crippen LogP contribution in [0.25, 0.3) is 22.0 Å². The van der Waals surface area contributed by atoms with Crippen LogP contribution < -0.4 is 10.1 Å². The van der Waals surface area contributed by atoms with Crippen LogP contribution in [0.5, 0.6) is 5.75 Å². The summed E-state index contributed by atoms with van der Waals surface area (Å²) < 4.78 is 10.9. The smallest absolute Gasteiger partial charge is 0.311 e. The number of benzene rings is 2. The summed E-state index contributed by atoms with van der Waals surface area (Å²) in [5.74, 6) is 1.21. The first-order valence-corrected chi connectivity index (χ1v) is 9.31. The molecular weight excluding hydrogens is 384 g/mol. The van der Waals surface area contributed by atoms with E-state index in [9.17, 15) is 10.1 Å². The van der Waals surface area contributed by atoms with Gasteiger partial charge < -0.3 is 14.6 Å². The molecule has 0 saturated heterocycles. The van der Waals surface area contributed by atoms with E-state index in [2.05, 4.69) is 15.5 Å². The van der Waals surface area contributed by atoms with Crippen molar-refractivity contribution in [2.24, 2.45) is 0 Å². The van der Waals surface area contributed by atoms with E-state index in [1.54, 1.807) is 13.2 Å². The van der Waals surface area contributed by atoms with Crippen molar-refractivity contribution < 1.29 is 14.2 Å². The summed E-state index contributed by atoms with van der Waals surface area (Å²) in [6, 6.07) is 11.2. The first kappa shape index (κ1) is 19.4. The molecule has 0 saturated carbocycles. The standard InChI is InChI=1S/C22H20N4O4/c1-12-6-5-7-15(8-12)24-22-16-10-20(29-4)17(21-13(2)25-30-14(21)3)9-18(16)23-11-19(22)26(27)28/h5-11H,1-4H3,(H,23,24). The lowest BCUT2D eigenvalue weighted by Crippen LogP contribution is -2.01.